The predicted molar refractivity (Wildman–Crippen MR) is 135 cm³/mol. The SMILES string of the molecule is Nc1nc(Nc2cccc(Br)c2)c2cc(-c3ccc(OCc4ccccc4)nc3)ccc2n1. The molecular formula is C26H20BrN5O. The Morgan fingerprint density at radius 2 is 1.70 bits per heavy atom. The molecule has 5 rings (SSSR count). The van der Waals surface area contributed by atoms with Crippen LogP contribution in [0.3, 0.4) is 0 Å². The summed E-state index contributed by atoms with van der Waals surface area (Å²) in [6.45, 7) is 0.479. The summed E-state index contributed by atoms with van der Waals surface area (Å²) in [5.74, 6) is 1.44. The number of ether oxygens (including phenoxy) is 1. The van der Waals surface area contributed by atoms with E-state index in [-0.39, 0.29) is 5.95 Å². The van der Waals surface area contributed by atoms with Gasteiger partial charge in [-0.3, -0.25) is 0 Å². The molecule has 0 bridgehead atoms. The predicted octanol–water partition coefficient (Wildman–Crippen LogP) is 6.36. The lowest BCUT2D eigenvalue weighted by atomic mass is 10.1. The van der Waals surface area contributed by atoms with E-state index in [1.165, 1.54) is 0 Å². The van der Waals surface area contributed by atoms with Crippen LogP contribution in [0.4, 0.5) is 17.5 Å². The minimum Gasteiger partial charge on any atom is -0.473 e. The van der Waals surface area contributed by atoms with Crippen molar-refractivity contribution in [3.63, 3.8) is 0 Å². The van der Waals surface area contributed by atoms with Crippen molar-refractivity contribution in [1.29, 1.82) is 0 Å². The second kappa shape index (κ2) is 9.26. The van der Waals surface area contributed by atoms with E-state index in [4.69, 9.17) is 10.5 Å². The molecule has 0 aliphatic rings. The number of nitrogens with two attached hydrogens (primary N) is 1. The smallest absolute Gasteiger partial charge is 0.222 e. The first kappa shape index (κ1) is 20.9. The molecule has 0 saturated heterocycles. The van der Waals surface area contributed by atoms with E-state index in [9.17, 15) is 0 Å². The number of nitrogens with one attached hydrogen (secondary N) is 1. The van der Waals surface area contributed by atoms with Crippen molar-refractivity contribution in [3.05, 3.63) is 101 Å². The second-order valence-electron chi connectivity index (χ2n) is 7.46. The Morgan fingerprint density at radius 3 is 2.48 bits per heavy atom. The molecule has 0 amide bonds. The number of nitrogens with zero attached hydrogens (tertiary/aromatic N) is 3. The molecule has 0 spiro atoms. The number of nitrogen functional groups attached to an aromatic ring is 1. The van der Waals surface area contributed by atoms with Gasteiger partial charge in [-0.15, -0.1) is 0 Å². The number of anilines is 3. The molecule has 0 aliphatic heterocycles. The van der Waals surface area contributed by atoms with E-state index in [0.29, 0.717) is 18.3 Å². The molecule has 2 aromatic heterocycles. The Labute approximate surface area is 199 Å². The quantitative estimate of drug-likeness (QED) is 0.283. The topological polar surface area (TPSA) is 86.0 Å². The van der Waals surface area contributed by atoms with Crippen molar-refractivity contribution >= 4 is 44.3 Å². The summed E-state index contributed by atoms with van der Waals surface area (Å²) in [6, 6.07) is 27.7. The zero-order valence-electron chi connectivity index (χ0n) is 17.6. The molecule has 33 heavy (non-hydrogen) atoms. The van der Waals surface area contributed by atoms with Gasteiger partial charge in [0.25, 0.3) is 0 Å². The lowest BCUT2D eigenvalue weighted by Crippen LogP contribution is -2.01. The summed E-state index contributed by atoms with van der Waals surface area (Å²) in [7, 11) is 0. The number of fused-ring (bicyclic) bond motifs is 1. The second-order valence-corrected chi connectivity index (χ2v) is 8.37. The lowest BCUT2D eigenvalue weighted by Gasteiger charge is -2.11. The van der Waals surface area contributed by atoms with Gasteiger partial charge in [0.15, 0.2) is 0 Å². The number of halogens is 1. The Morgan fingerprint density at radius 1 is 0.848 bits per heavy atom. The molecule has 0 saturated carbocycles. The van der Waals surface area contributed by atoms with E-state index in [1.54, 1.807) is 6.20 Å². The van der Waals surface area contributed by atoms with E-state index < -0.39 is 0 Å². The van der Waals surface area contributed by atoms with E-state index in [1.807, 2.05) is 84.9 Å². The van der Waals surface area contributed by atoms with Gasteiger partial charge in [-0.05, 0) is 47.5 Å². The van der Waals surface area contributed by atoms with Crippen molar-refractivity contribution in [2.24, 2.45) is 0 Å². The third-order valence-corrected chi connectivity index (χ3v) is 5.59. The van der Waals surface area contributed by atoms with Gasteiger partial charge in [-0.25, -0.2) is 9.97 Å². The monoisotopic (exact) mass is 497 g/mol. The van der Waals surface area contributed by atoms with Crippen LogP contribution in [0.2, 0.25) is 0 Å². The fourth-order valence-corrected chi connectivity index (χ4v) is 3.89. The minimum atomic E-state index is 0.217. The van der Waals surface area contributed by atoms with E-state index in [2.05, 4.69) is 36.2 Å². The normalized spacial score (nSPS) is 10.8. The Hall–Kier alpha value is -3.97. The Kier molecular flexibility index (Phi) is 5.87. The number of rotatable bonds is 6. The van der Waals surface area contributed by atoms with E-state index >= 15 is 0 Å². The zero-order chi connectivity index (χ0) is 22.6. The summed E-state index contributed by atoms with van der Waals surface area (Å²) in [4.78, 5) is 13.3. The standard InChI is InChI=1S/C26H20BrN5O/c27-20-7-4-8-21(14-20)30-25-22-13-18(9-11-23(22)31-26(28)32-25)19-10-12-24(29-15-19)33-16-17-5-2-1-3-6-17/h1-15H,16H2,(H3,28,30,31,32). The minimum absolute atomic E-state index is 0.217. The van der Waals surface area contributed by atoms with Crippen molar-refractivity contribution in [2.45, 2.75) is 6.61 Å². The van der Waals surface area contributed by atoms with Crippen LogP contribution in [0.1, 0.15) is 5.56 Å². The number of hydrogen-bond acceptors (Lipinski definition) is 6. The van der Waals surface area contributed by atoms with Crippen LogP contribution in [0.15, 0.2) is 95.6 Å². The molecule has 0 atom stereocenters. The molecule has 0 unspecified atom stereocenters. The largest absolute Gasteiger partial charge is 0.473 e. The molecule has 5 aromatic rings. The molecule has 3 N–H and O–H groups in total. The maximum absolute atomic E-state index is 5.95. The molecule has 7 heteroatoms. The van der Waals surface area contributed by atoms with Gasteiger partial charge in [-0.1, -0.05) is 58.4 Å². The third-order valence-electron chi connectivity index (χ3n) is 5.10. The van der Waals surface area contributed by atoms with Gasteiger partial charge in [0.05, 0.1) is 5.52 Å². The first-order valence-corrected chi connectivity index (χ1v) is 11.2. The summed E-state index contributed by atoms with van der Waals surface area (Å²) in [5.41, 5.74) is 10.7. The molecule has 0 aliphatic carbocycles. The number of benzene rings is 3. The van der Waals surface area contributed by atoms with Crippen LogP contribution in [-0.2, 0) is 6.61 Å². The van der Waals surface area contributed by atoms with Crippen LogP contribution >= 0.6 is 15.9 Å². The molecular weight excluding hydrogens is 478 g/mol. The highest BCUT2D eigenvalue weighted by Gasteiger charge is 2.10. The fourth-order valence-electron chi connectivity index (χ4n) is 3.49. The first-order valence-electron chi connectivity index (χ1n) is 10.4. The maximum atomic E-state index is 5.95. The molecule has 6 nitrogen and oxygen atoms in total. The van der Waals surface area contributed by atoms with Crippen LogP contribution in [0.5, 0.6) is 5.88 Å². The average Bonchev–Trinajstić information content (AvgIpc) is 2.83. The van der Waals surface area contributed by atoms with Gasteiger partial charge >= 0.3 is 0 Å². The summed E-state index contributed by atoms with van der Waals surface area (Å²) in [5, 5.41) is 4.22. The number of hydrogen-bond donors (Lipinski definition) is 2. The van der Waals surface area contributed by atoms with Gasteiger partial charge in [0.1, 0.15) is 12.4 Å². The summed E-state index contributed by atoms with van der Waals surface area (Å²) >= 11 is 3.50. The van der Waals surface area contributed by atoms with Gasteiger partial charge in [-0.2, -0.15) is 4.98 Å². The van der Waals surface area contributed by atoms with Crippen LogP contribution < -0.4 is 15.8 Å². The highest BCUT2D eigenvalue weighted by Crippen LogP contribution is 2.30. The van der Waals surface area contributed by atoms with Gasteiger partial charge in [0.2, 0.25) is 11.8 Å². The first-order chi connectivity index (χ1) is 16.1. The summed E-state index contributed by atoms with van der Waals surface area (Å²) in [6.07, 6.45) is 1.81. The average molecular weight is 498 g/mol. The highest BCUT2D eigenvalue weighted by atomic mass is 79.9. The van der Waals surface area contributed by atoms with Crippen molar-refractivity contribution in [1.82, 2.24) is 15.0 Å². The fraction of sp³-hybridized carbons (Fsp3) is 0.0385. The highest BCUT2D eigenvalue weighted by molar-refractivity contribution is 9.10. The van der Waals surface area contributed by atoms with Gasteiger partial charge < -0.3 is 15.8 Å². The molecule has 3 aromatic carbocycles. The summed E-state index contributed by atoms with van der Waals surface area (Å²) < 4.78 is 6.78. The van der Waals surface area contributed by atoms with Crippen LogP contribution in [0, 0.1) is 0 Å². The van der Waals surface area contributed by atoms with Crippen LogP contribution in [0.25, 0.3) is 22.0 Å². The Balaban J connectivity index is 1.42. The molecule has 0 radical (unpaired) electrons. The van der Waals surface area contributed by atoms with Crippen molar-refractivity contribution < 1.29 is 4.74 Å². The Bertz CT molecular complexity index is 1410. The van der Waals surface area contributed by atoms with Crippen molar-refractivity contribution in [2.75, 3.05) is 11.1 Å². The maximum Gasteiger partial charge on any atom is 0.222 e. The number of pyridine rings is 1. The van der Waals surface area contributed by atoms with Gasteiger partial charge in [0, 0.05) is 33.4 Å². The number of aromatic nitrogens is 3. The van der Waals surface area contributed by atoms with E-state index in [0.717, 1.165) is 37.8 Å². The molecule has 0 fully saturated rings. The zero-order valence-corrected chi connectivity index (χ0v) is 19.2. The third kappa shape index (κ3) is 4.94. The van der Waals surface area contributed by atoms with Crippen LogP contribution in [-0.4, -0.2) is 15.0 Å². The van der Waals surface area contributed by atoms with Crippen molar-refractivity contribution in [3.8, 4) is 17.0 Å². The molecule has 162 valence electrons. The lowest BCUT2D eigenvalue weighted by molar-refractivity contribution is 0.294. The molecule has 2 heterocycles.